The van der Waals surface area contributed by atoms with E-state index in [1.54, 1.807) is 11.3 Å². The van der Waals surface area contributed by atoms with Crippen molar-refractivity contribution >= 4 is 88.1 Å². The molecule has 6 heterocycles. The van der Waals surface area contributed by atoms with Crippen LogP contribution in [0.4, 0.5) is 11.4 Å². The van der Waals surface area contributed by atoms with Crippen molar-refractivity contribution in [2.45, 2.75) is 26.2 Å². The summed E-state index contributed by atoms with van der Waals surface area (Å²) in [5.41, 5.74) is 4.17. The van der Waals surface area contributed by atoms with Gasteiger partial charge in [0.2, 0.25) is 0 Å². The van der Waals surface area contributed by atoms with E-state index < -0.39 is 0 Å². The molecule has 3 aromatic carbocycles. The van der Waals surface area contributed by atoms with E-state index in [0.717, 1.165) is 52.4 Å². The van der Waals surface area contributed by atoms with Crippen LogP contribution in [0.15, 0.2) is 88.9 Å². The quantitative estimate of drug-likeness (QED) is 0.168. The van der Waals surface area contributed by atoms with E-state index in [1.165, 1.54) is 79.5 Å². The van der Waals surface area contributed by atoms with E-state index in [0.29, 0.717) is 0 Å². The van der Waals surface area contributed by atoms with Crippen molar-refractivity contribution in [3.8, 4) is 0 Å². The number of piperazine rings is 2. The Kier molecular flexibility index (Phi) is 14.2. The number of piperidine rings is 1. The predicted octanol–water partition coefficient (Wildman–Crippen LogP) is 9.01. The summed E-state index contributed by atoms with van der Waals surface area (Å²) in [5.74, 6) is 0. The third kappa shape index (κ3) is 9.70. The molecule has 0 saturated carbocycles. The van der Waals surface area contributed by atoms with Crippen molar-refractivity contribution in [3.05, 3.63) is 94.5 Å². The summed E-state index contributed by atoms with van der Waals surface area (Å²) in [5, 5.41) is 20.8. The molecule has 47 heavy (non-hydrogen) atoms. The molecular formula is C38H48ClN5S3. The number of thiophene rings is 3. The molecule has 3 saturated heterocycles. The zero-order valence-electron chi connectivity index (χ0n) is 27.4. The van der Waals surface area contributed by atoms with Gasteiger partial charge >= 0.3 is 0 Å². The Labute approximate surface area is 298 Å². The van der Waals surface area contributed by atoms with Crippen LogP contribution < -0.4 is 25.8 Å². The van der Waals surface area contributed by atoms with Gasteiger partial charge in [0.05, 0.1) is 0 Å². The van der Waals surface area contributed by atoms with Crippen LogP contribution in [0.25, 0.3) is 30.3 Å². The molecule has 5 nitrogen and oxygen atoms in total. The van der Waals surface area contributed by atoms with Crippen molar-refractivity contribution < 1.29 is 0 Å². The van der Waals surface area contributed by atoms with Gasteiger partial charge in [-0.15, -0.1) is 46.4 Å². The van der Waals surface area contributed by atoms with Gasteiger partial charge in [0.1, 0.15) is 0 Å². The van der Waals surface area contributed by atoms with Gasteiger partial charge in [-0.25, -0.2) is 0 Å². The first-order valence-corrected chi connectivity index (χ1v) is 19.4. The molecule has 9 heteroatoms. The minimum absolute atomic E-state index is 0. The Morgan fingerprint density at radius 3 is 1.28 bits per heavy atom. The van der Waals surface area contributed by atoms with Crippen LogP contribution in [0.3, 0.4) is 0 Å². The van der Waals surface area contributed by atoms with Gasteiger partial charge in [-0.1, -0.05) is 30.7 Å². The highest BCUT2D eigenvalue weighted by molar-refractivity contribution is 7.17. The van der Waals surface area contributed by atoms with Crippen LogP contribution in [-0.2, 0) is 0 Å². The largest absolute Gasteiger partial charge is 0.368 e. The molecule has 3 aliphatic rings. The summed E-state index contributed by atoms with van der Waals surface area (Å²) < 4.78 is 4.18. The Bertz CT molecular complexity index is 1660. The summed E-state index contributed by atoms with van der Waals surface area (Å²) in [6.07, 6.45) is 4.22. The van der Waals surface area contributed by atoms with E-state index >= 15 is 0 Å². The summed E-state index contributed by atoms with van der Waals surface area (Å²) in [7, 11) is 0. The molecule has 6 aromatic rings. The maximum absolute atomic E-state index is 3.39. The maximum Gasteiger partial charge on any atom is 0.0455 e. The Morgan fingerprint density at radius 2 is 0.872 bits per heavy atom. The number of rotatable bonds is 2. The number of hydrogen-bond acceptors (Lipinski definition) is 8. The Morgan fingerprint density at radius 1 is 0.468 bits per heavy atom. The number of halogens is 1. The zero-order chi connectivity index (χ0) is 31.4. The van der Waals surface area contributed by atoms with Gasteiger partial charge in [-0.3, -0.25) is 0 Å². The molecule has 3 aromatic heterocycles. The highest BCUT2D eigenvalue weighted by Crippen LogP contribution is 2.31. The number of nitrogens with zero attached hydrogens (tertiary/aromatic N) is 2. The van der Waals surface area contributed by atoms with E-state index in [1.807, 2.05) is 22.7 Å². The lowest BCUT2D eigenvalue weighted by molar-refractivity contribution is 0.520. The molecule has 0 bridgehead atoms. The lowest BCUT2D eigenvalue weighted by atomic mass is 10.2. The molecule has 0 unspecified atom stereocenters. The van der Waals surface area contributed by atoms with Crippen molar-refractivity contribution in [1.29, 1.82) is 0 Å². The predicted molar refractivity (Wildman–Crippen MR) is 214 cm³/mol. The molecule has 3 fully saturated rings. The minimum atomic E-state index is 0. The van der Waals surface area contributed by atoms with E-state index in [-0.39, 0.29) is 12.4 Å². The van der Waals surface area contributed by atoms with Crippen LogP contribution >= 0.6 is 46.4 Å². The van der Waals surface area contributed by atoms with Gasteiger partial charge in [0.15, 0.2) is 0 Å². The van der Waals surface area contributed by atoms with Gasteiger partial charge in [-0.05, 0) is 108 Å². The highest BCUT2D eigenvalue weighted by Gasteiger charge is 2.14. The second-order valence-electron chi connectivity index (χ2n) is 11.9. The first kappa shape index (κ1) is 35.6. The molecule has 3 N–H and O–H groups in total. The topological polar surface area (TPSA) is 42.6 Å². The average molecular weight is 706 g/mol. The van der Waals surface area contributed by atoms with Crippen molar-refractivity contribution in [2.75, 3.05) is 75.2 Å². The molecule has 250 valence electrons. The second kappa shape index (κ2) is 18.7. The van der Waals surface area contributed by atoms with Gasteiger partial charge < -0.3 is 25.8 Å². The molecule has 9 rings (SSSR count). The fraction of sp³-hybridized carbons (Fsp3) is 0.368. The summed E-state index contributed by atoms with van der Waals surface area (Å²) >= 11 is 5.45. The molecule has 0 spiro atoms. The van der Waals surface area contributed by atoms with Crippen LogP contribution in [0.1, 0.15) is 24.8 Å². The Hall–Kier alpha value is -2.69. The van der Waals surface area contributed by atoms with Crippen LogP contribution in [-0.4, -0.2) is 65.4 Å². The monoisotopic (exact) mass is 705 g/mol. The number of benzene rings is 3. The molecule has 0 aliphatic carbocycles. The summed E-state index contributed by atoms with van der Waals surface area (Å²) in [6, 6.07) is 26.3. The smallest absolute Gasteiger partial charge is 0.0455 e. The lowest BCUT2D eigenvalue weighted by Crippen LogP contribution is -2.43. The van der Waals surface area contributed by atoms with E-state index in [4.69, 9.17) is 0 Å². The number of hydrogen-bond donors (Lipinski definition) is 3. The first-order valence-electron chi connectivity index (χ1n) is 16.8. The van der Waals surface area contributed by atoms with E-state index in [2.05, 4.69) is 122 Å². The second-order valence-corrected chi connectivity index (χ2v) is 14.8. The lowest BCUT2D eigenvalue weighted by Gasteiger charge is -2.30. The zero-order valence-corrected chi connectivity index (χ0v) is 30.6. The molecule has 0 radical (unpaired) electrons. The van der Waals surface area contributed by atoms with Crippen molar-refractivity contribution in [3.63, 3.8) is 0 Å². The molecule has 0 amide bonds. The maximum atomic E-state index is 3.39. The number of fused-ring (bicyclic) bond motifs is 3. The van der Waals surface area contributed by atoms with Gasteiger partial charge in [-0.2, -0.15) is 0 Å². The summed E-state index contributed by atoms with van der Waals surface area (Å²) in [4.78, 5) is 4.96. The van der Waals surface area contributed by atoms with Crippen LogP contribution in [0, 0.1) is 6.92 Å². The Balaban J connectivity index is 0.000000128. The normalized spacial score (nSPS) is 16.3. The fourth-order valence-corrected chi connectivity index (χ4v) is 8.75. The summed E-state index contributed by atoms with van der Waals surface area (Å²) in [6.45, 7) is 13.5. The third-order valence-corrected chi connectivity index (χ3v) is 11.4. The van der Waals surface area contributed by atoms with E-state index in [9.17, 15) is 0 Å². The van der Waals surface area contributed by atoms with Crippen LogP contribution in [0.5, 0.6) is 0 Å². The molecule has 3 aliphatic heterocycles. The van der Waals surface area contributed by atoms with Gasteiger partial charge in [0, 0.05) is 88.6 Å². The highest BCUT2D eigenvalue weighted by atomic mass is 35.5. The first-order chi connectivity index (χ1) is 22.8. The number of nitrogens with one attached hydrogen (secondary N) is 3. The van der Waals surface area contributed by atoms with Gasteiger partial charge in [0.25, 0.3) is 0 Å². The SMILES string of the molecule is C1CCNCC1.Cc1cccc2sccc12.Cl.c1cc(N2CCNCC2)c2ccsc2c1.c1cc(N2CCNCC2)c2ccsc2c1. The average Bonchev–Trinajstić information content (AvgIpc) is 3.92. The number of aryl methyl sites for hydroxylation is 1. The van der Waals surface area contributed by atoms with Crippen molar-refractivity contribution in [2.24, 2.45) is 0 Å². The molecular weight excluding hydrogens is 658 g/mol. The molecule has 0 atom stereocenters. The standard InChI is InChI=1S/2C12H14N2S.C9H8S.C5H11N.ClH/c2*1-2-11(14-7-5-13-6-8-14)10-4-9-15-12(10)3-1;1-7-3-2-4-9-8(7)5-6-10-9;1-2-4-6-5-3-1;/h2*1-4,9,13H,5-8H2;2-6H,1H3;6H,1-5H2;1H. The van der Waals surface area contributed by atoms with Crippen LogP contribution in [0.2, 0.25) is 0 Å². The minimum Gasteiger partial charge on any atom is -0.368 e. The number of anilines is 2. The van der Waals surface area contributed by atoms with Crippen molar-refractivity contribution in [1.82, 2.24) is 16.0 Å². The fourth-order valence-electron chi connectivity index (χ4n) is 6.27. The third-order valence-electron chi connectivity index (χ3n) is 8.78.